The fourth-order valence-electron chi connectivity index (χ4n) is 3.12. The van der Waals surface area contributed by atoms with Crippen molar-refractivity contribution in [3.63, 3.8) is 0 Å². The number of hydrogen-bond donors (Lipinski definition) is 2. The highest BCUT2D eigenvalue weighted by atomic mass is 16.2. The summed E-state index contributed by atoms with van der Waals surface area (Å²) in [5.74, 6) is 2.25. The molecule has 4 nitrogen and oxygen atoms in total. The third kappa shape index (κ3) is 2.30. The summed E-state index contributed by atoms with van der Waals surface area (Å²) in [4.78, 5) is 10.6. The first-order valence-corrected chi connectivity index (χ1v) is 5.76. The number of hydrogen-bond acceptors (Lipinski definition) is 2. The van der Waals surface area contributed by atoms with E-state index in [0.717, 1.165) is 17.5 Å². The van der Waals surface area contributed by atoms with Crippen molar-refractivity contribution in [3.8, 4) is 0 Å². The third-order valence-electron chi connectivity index (χ3n) is 3.93. The molecule has 0 radical (unpaired) electrons. The van der Waals surface area contributed by atoms with E-state index in [4.69, 9.17) is 5.73 Å². The normalized spacial score (nSPS) is 35.3. The number of carbonyl (C=O) groups excluding carboxylic acids is 1. The lowest BCUT2D eigenvalue weighted by Crippen LogP contribution is -2.36. The highest BCUT2D eigenvalue weighted by Crippen LogP contribution is 2.45. The van der Waals surface area contributed by atoms with E-state index in [1.165, 1.54) is 32.1 Å². The maximum Gasteiger partial charge on any atom is 0.332 e. The number of amides is 2. The van der Waals surface area contributed by atoms with Gasteiger partial charge in [0, 0.05) is 11.6 Å². The van der Waals surface area contributed by atoms with E-state index in [1.54, 1.807) is 0 Å². The van der Waals surface area contributed by atoms with Gasteiger partial charge in [-0.1, -0.05) is 12.8 Å². The van der Waals surface area contributed by atoms with Gasteiger partial charge in [0.25, 0.3) is 0 Å². The van der Waals surface area contributed by atoms with Gasteiger partial charge in [0.15, 0.2) is 0 Å². The molecule has 84 valence electrons. The van der Waals surface area contributed by atoms with E-state index in [9.17, 15) is 4.79 Å². The molecule has 0 aromatic carbocycles. The molecule has 1 unspecified atom stereocenters. The van der Waals surface area contributed by atoms with Crippen molar-refractivity contribution in [1.29, 1.82) is 0 Å². The molecular formula is C11H19N3O. The number of hydrazone groups is 1. The number of carbonyl (C=O) groups is 1. The molecule has 0 heterocycles. The van der Waals surface area contributed by atoms with Crippen LogP contribution in [0.15, 0.2) is 5.10 Å². The topological polar surface area (TPSA) is 67.5 Å². The van der Waals surface area contributed by atoms with Crippen LogP contribution >= 0.6 is 0 Å². The van der Waals surface area contributed by atoms with Crippen molar-refractivity contribution in [2.75, 3.05) is 0 Å². The molecular weight excluding hydrogens is 190 g/mol. The smallest absolute Gasteiger partial charge is 0.332 e. The average Bonchev–Trinajstić information content (AvgIpc) is 2.27. The van der Waals surface area contributed by atoms with Crippen molar-refractivity contribution in [2.24, 2.45) is 28.6 Å². The van der Waals surface area contributed by atoms with Gasteiger partial charge in [-0.2, -0.15) is 5.10 Å². The summed E-state index contributed by atoms with van der Waals surface area (Å²) < 4.78 is 0. The molecule has 2 bridgehead atoms. The van der Waals surface area contributed by atoms with Crippen LogP contribution in [0.25, 0.3) is 0 Å². The highest BCUT2D eigenvalue weighted by molar-refractivity contribution is 5.86. The van der Waals surface area contributed by atoms with Crippen LogP contribution in [0.3, 0.4) is 0 Å². The average molecular weight is 209 g/mol. The number of rotatable bonds is 2. The maximum atomic E-state index is 10.6. The molecule has 1 atom stereocenters. The predicted octanol–water partition coefficient (Wildman–Crippen LogP) is 1.86. The van der Waals surface area contributed by atoms with Crippen LogP contribution in [0.1, 0.15) is 39.0 Å². The summed E-state index contributed by atoms with van der Waals surface area (Å²) >= 11 is 0. The molecule has 3 saturated carbocycles. The molecule has 2 amide bonds. The lowest BCUT2D eigenvalue weighted by molar-refractivity contribution is 0.138. The zero-order valence-electron chi connectivity index (χ0n) is 9.20. The van der Waals surface area contributed by atoms with Gasteiger partial charge in [-0.15, -0.1) is 0 Å². The van der Waals surface area contributed by atoms with Gasteiger partial charge >= 0.3 is 6.03 Å². The van der Waals surface area contributed by atoms with E-state index in [1.807, 2.05) is 6.92 Å². The molecule has 3 fully saturated rings. The molecule has 0 spiro atoms. The van der Waals surface area contributed by atoms with Crippen molar-refractivity contribution in [3.05, 3.63) is 0 Å². The summed E-state index contributed by atoms with van der Waals surface area (Å²) in [5.41, 5.74) is 8.36. The van der Waals surface area contributed by atoms with Gasteiger partial charge in [0.1, 0.15) is 0 Å². The molecule has 0 aliphatic heterocycles. The minimum absolute atomic E-state index is 0.573. The molecule has 0 saturated heterocycles. The van der Waals surface area contributed by atoms with Crippen molar-refractivity contribution in [2.45, 2.75) is 39.0 Å². The van der Waals surface area contributed by atoms with E-state index < -0.39 is 6.03 Å². The Labute approximate surface area is 90.3 Å². The van der Waals surface area contributed by atoms with E-state index in [-0.39, 0.29) is 0 Å². The first-order chi connectivity index (χ1) is 7.16. The van der Waals surface area contributed by atoms with Crippen LogP contribution in [-0.2, 0) is 0 Å². The first-order valence-electron chi connectivity index (χ1n) is 5.76. The van der Waals surface area contributed by atoms with Crippen LogP contribution in [0.2, 0.25) is 0 Å². The van der Waals surface area contributed by atoms with Crippen LogP contribution in [0.5, 0.6) is 0 Å². The monoisotopic (exact) mass is 209 g/mol. The summed E-state index contributed by atoms with van der Waals surface area (Å²) in [6.45, 7) is 2.00. The van der Waals surface area contributed by atoms with Crippen molar-refractivity contribution < 1.29 is 4.79 Å². The molecule has 4 heteroatoms. The Bertz CT molecular complexity index is 280. The Morgan fingerprint density at radius 1 is 1.33 bits per heavy atom. The van der Waals surface area contributed by atoms with E-state index in [2.05, 4.69) is 10.5 Å². The Balaban J connectivity index is 1.98. The number of urea groups is 1. The summed E-state index contributed by atoms with van der Waals surface area (Å²) in [6, 6.07) is -0.574. The van der Waals surface area contributed by atoms with Gasteiger partial charge in [-0.25, -0.2) is 10.2 Å². The van der Waals surface area contributed by atoms with Crippen molar-refractivity contribution >= 4 is 11.7 Å². The number of nitrogens with zero attached hydrogens (tertiary/aromatic N) is 1. The van der Waals surface area contributed by atoms with Gasteiger partial charge in [0.2, 0.25) is 0 Å². The second-order valence-electron chi connectivity index (χ2n) is 4.85. The van der Waals surface area contributed by atoms with E-state index in [0.29, 0.717) is 5.92 Å². The van der Waals surface area contributed by atoms with Gasteiger partial charge in [-0.05, 0) is 38.0 Å². The van der Waals surface area contributed by atoms with Crippen LogP contribution < -0.4 is 11.2 Å². The van der Waals surface area contributed by atoms with Crippen molar-refractivity contribution in [1.82, 2.24) is 5.43 Å². The Morgan fingerprint density at radius 3 is 2.47 bits per heavy atom. The zero-order valence-corrected chi connectivity index (χ0v) is 9.20. The molecule has 3 N–H and O–H groups in total. The molecule has 0 aromatic heterocycles. The minimum atomic E-state index is -0.574. The Hall–Kier alpha value is -1.06. The fraction of sp³-hybridized carbons (Fsp3) is 0.818. The molecule has 3 aliphatic carbocycles. The van der Waals surface area contributed by atoms with Crippen LogP contribution in [-0.4, -0.2) is 11.7 Å². The predicted molar refractivity (Wildman–Crippen MR) is 59.4 cm³/mol. The number of nitrogens with one attached hydrogen (secondary N) is 1. The Kier molecular flexibility index (Phi) is 2.93. The second kappa shape index (κ2) is 4.21. The first kappa shape index (κ1) is 10.5. The molecule has 15 heavy (non-hydrogen) atoms. The largest absolute Gasteiger partial charge is 0.350 e. The summed E-state index contributed by atoms with van der Waals surface area (Å²) in [7, 11) is 0. The van der Waals surface area contributed by atoms with Gasteiger partial charge < -0.3 is 5.73 Å². The fourth-order valence-corrected chi connectivity index (χ4v) is 3.12. The van der Waals surface area contributed by atoms with Crippen LogP contribution in [0.4, 0.5) is 4.79 Å². The maximum absolute atomic E-state index is 10.6. The van der Waals surface area contributed by atoms with Gasteiger partial charge in [0.05, 0.1) is 0 Å². The zero-order chi connectivity index (χ0) is 10.8. The van der Waals surface area contributed by atoms with Gasteiger partial charge in [-0.3, -0.25) is 0 Å². The second-order valence-corrected chi connectivity index (χ2v) is 4.85. The SMILES string of the molecule is C/C(=N\NC(N)=O)C1CC2CCC1CC2. The highest BCUT2D eigenvalue weighted by Gasteiger charge is 2.36. The quantitative estimate of drug-likeness (QED) is 0.529. The van der Waals surface area contributed by atoms with E-state index >= 15 is 0 Å². The minimum Gasteiger partial charge on any atom is -0.350 e. The summed E-state index contributed by atoms with van der Waals surface area (Å²) in [6.07, 6.45) is 6.69. The molecule has 0 aromatic rings. The molecule has 3 rings (SSSR count). The number of primary amides is 1. The summed E-state index contributed by atoms with van der Waals surface area (Å²) in [5, 5.41) is 4.06. The molecule has 3 aliphatic rings. The Morgan fingerprint density at radius 2 is 2.00 bits per heavy atom. The van der Waals surface area contributed by atoms with Crippen LogP contribution in [0, 0.1) is 17.8 Å². The standard InChI is InChI=1S/C11H19N3O/c1-7(13-14-11(12)15)10-6-8-2-4-9(10)5-3-8/h8-10H,2-6H2,1H3,(H3,12,14,15)/b13-7+. The number of fused-ring (bicyclic) bond motifs is 3. The lowest BCUT2D eigenvalue weighted by Gasteiger charge is -2.42. The number of nitrogens with two attached hydrogens (primary N) is 1. The third-order valence-corrected chi connectivity index (χ3v) is 3.93. The lowest BCUT2D eigenvalue weighted by atomic mass is 9.63.